The third-order valence-corrected chi connectivity index (χ3v) is 7.78. The van der Waals surface area contributed by atoms with Crippen molar-refractivity contribution in [2.75, 3.05) is 49.1 Å². The lowest BCUT2D eigenvalue weighted by atomic mass is 10.2. The van der Waals surface area contributed by atoms with Crippen molar-refractivity contribution in [3.05, 3.63) is 53.8 Å². The number of piperazine rings is 1. The van der Waals surface area contributed by atoms with Crippen molar-refractivity contribution in [1.29, 1.82) is 0 Å². The third-order valence-electron chi connectivity index (χ3n) is 6.32. The van der Waals surface area contributed by atoms with Gasteiger partial charge in [0, 0.05) is 57.8 Å². The molecule has 10 heteroatoms. The minimum atomic E-state index is -3.78. The first-order valence-electron chi connectivity index (χ1n) is 11.5. The number of rotatable bonds is 7. The van der Waals surface area contributed by atoms with E-state index in [9.17, 15) is 22.4 Å². The smallest absolute Gasteiger partial charge is 0.240 e. The van der Waals surface area contributed by atoms with Crippen molar-refractivity contribution in [3.8, 4) is 0 Å². The average molecular weight is 489 g/mol. The summed E-state index contributed by atoms with van der Waals surface area (Å²) in [5.41, 5.74) is 2.11. The predicted molar refractivity (Wildman–Crippen MR) is 128 cm³/mol. The van der Waals surface area contributed by atoms with E-state index in [0.29, 0.717) is 51.3 Å². The Labute approximate surface area is 199 Å². The Balaban J connectivity index is 1.28. The van der Waals surface area contributed by atoms with E-state index in [1.54, 1.807) is 47.1 Å². The van der Waals surface area contributed by atoms with Gasteiger partial charge in [0.25, 0.3) is 0 Å². The highest BCUT2D eigenvalue weighted by molar-refractivity contribution is 7.89. The van der Waals surface area contributed by atoms with E-state index >= 15 is 0 Å². The number of benzene rings is 2. The van der Waals surface area contributed by atoms with Gasteiger partial charge in [-0.15, -0.1) is 0 Å². The normalized spacial score (nSPS) is 16.0. The molecule has 1 saturated heterocycles. The largest absolute Gasteiger partial charge is 0.366 e. The number of amides is 2. The van der Waals surface area contributed by atoms with Crippen LogP contribution in [0.4, 0.5) is 15.8 Å². The van der Waals surface area contributed by atoms with Crippen LogP contribution < -0.4 is 14.5 Å². The van der Waals surface area contributed by atoms with E-state index in [4.69, 9.17) is 0 Å². The molecule has 1 N–H and O–H groups in total. The number of para-hydroxylation sites is 1. The van der Waals surface area contributed by atoms with Gasteiger partial charge in [-0.05, 0) is 42.3 Å². The Morgan fingerprint density at radius 1 is 0.971 bits per heavy atom. The third kappa shape index (κ3) is 5.07. The molecule has 182 valence electrons. The number of sulfonamides is 1. The van der Waals surface area contributed by atoms with Crippen LogP contribution in [0, 0.1) is 5.82 Å². The van der Waals surface area contributed by atoms with Crippen LogP contribution in [-0.4, -0.2) is 64.4 Å². The summed E-state index contributed by atoms with van der Waals surface area (Å²) in [5, 5.41) is 0. The summed E-state index contributed by atoms with van der Waals surface area (Å²) in [7, 11) is -3.78. The summed E-state index contributed by atoms with van der Waals surface area (Å²) >= 11 is 0. The summed E-state index contributed by atoms with van der Waals surface area (Å²) in [6.45, 7) is 4.29. The summed E-state index contributed by atoms with van der Waals surface area (Å²) in [6, 6.07) is 11.3. The van der Waals surface area contributed by atoms with Gasteiger partial charge in [0.15, 0.2) is 0 Å². The number of anilines is 2. The molecule has 2 aromatic rings. The SMILES string of the molecule is CCC(=O)N1CCc2cc(S(=O)(=O)NCCC(=O)N3CCN(c4ccccc4F)CC3)ccc21. The van der Waals surface area contributed by atoms with Crippen molar-refractivity contribution in [2.24, 2.45) is 0 Å². The maximum Gasteiger partial charge on any atom is 0.240 e. The standard InChI is InChI=1S/C24H29FN4O4S/c1-2-23(30)29-12-10-18-17-19(7-8-21(18)29)34(32,33)26-11-9-24(31)28-15-13-27(14-16-28)22-6-4-3-5-20(22)25/h3-8,17,26H,2,9-16H2,1H3. The number of hydrogen-bond donors (Lipinski definition) is 1. The van der Waals surface area contributed by atoms with Crippen LogP contribution >= 0.6 is 0 Å². The first kappa shape index (κ1) is 24.2. The molecule has 2 aromatic carbocycles. The van der Waals surface area contributed by atoms with Crippen LogP contribution in [0.1, 0.15) is 25.3 Å². The van der Waals surface area contributed by atoms with Crippen LogP contribution in [0.2, 0.25) is 0 Å². The van der Waals surface area contributed by atoms with Crippen molar-refractivity contribution < 1.29 is 22.4 Å². The van der Waals surface area contributed by atoms with E-state index in [0.717, 1.165) is 11.3 Å². The number of hydrogen-bond acceptors (Lipinski definition) is 5. The fourth-order valence-electron chi connectivity index (χ4n) is 4.43. The Bertz CT molecular complexity index is 1180. The monoisotopic (exact) mass is 488 g/mol. The minimum absolute atomic E-state index is 0.00771. The van der Waals surface area contributed by atoms with Crippen molar-refractivity contribution in [3.63, 3.8) is 0 Å². The highest BCUT2D eigenvalue weighted by Crippen LogP contribution is 2.30. The van der Waals surface area contributed by atoms with Crippen molar-refractivity contribution in [2.45, 2.75) is 31.1 Å². The van der Waals surface area contributed by atoms with Crippen molar-refractivity contribution >= 4 is 33.2 Å². The summed E-state index contributed by atoms with van der Waals surface area (Å²) in [4.78, 5) is 30.0. The second-order valence-corrected chi connectivity index (χ2v) is 10.2. The van der Waals surface area contributed by atoms with E-state index in [-0.39, 0.29) is 35.5 Å². The molecule has 34 heavy (non-hydrogen) atoms. The highest BCUT2D eigenvalue weighted by atomic mass is 32.2. The molecular formula is C24H29FN4O4S. The Kier molecular flexibility index (Phi) is 7.18. The minimum Gasteiger partial charge on any atom is -0.366 e. The van der Waals surface area contributed by atoms with Crippen molar-refractivity contribution in [1.82, 2.24) is 9.62 Å². The molecule has 8 nitrogen and oxygen atoms in total. The molecule has 0 spiro atoms. The van der Waals surface area contributed by atoms with Crippen LogP contribution in [0.5, 0.6) is 0 Å². The zero-order valence-electron chi connectivity index (χ0n) is 19.2. The molecule has 2 amide bonds. The first-order chi connectivity index (χ1) is 16.3. The van der Waals surface area contributed by atoms with Gasteiger partial charge in [0.05, 0.1) is 10.6 Å². The lowest BCUT2D eigenvalue weighted by Crippen LogP contribution is -2.49. The van der Waals surface area contributed by atoms with Gasteiger partial charge in [-0.2, -0.15) is 0 Å². The van der Waals surface area contributed by atoms with Crippen LogP contribution in [-0.2, 0) is 26.0 Å². The Hall–Kier alpha value is -2.98. The predicted octanol–water partition coefficient (Wildman–Crippen LogP) is 2.14. The Morgan fingerprint density at radius 3 is 2.41 bits per heavy atom. The second kappa shape index (κ2) is 10.1. The molecule has 0 aromatic heterocycles. The molecule has 0 radical (unpaired) electrons. The number of nitrogens with zero attached hydrogens (tertiary/aromatic N) is 3. The molecule has 0 aliphatic carbocycles. The first-order valence-corrected chi connectivity index (χ1v) is 13.0. The van der Waals surface area contributed by atoms with E-state index in [1.165, 1.54) is 12.1 Å². The second-order valence-electron chi connectivity index (χ2n) is 8.41. The maximum atomic E-state index is 14.0. The lowest BCUT2D eigenvalue weighted by Gasteiger charge is -2.36. The van der Waals surface area contributed by atoms with E-state index < -0.39 is 10.0 Å². The highest BCUT2D eigenvalue weighted by Gasteiger charge is 2.26. The van der Waals surface area contributed by atoms with E-state index in [2.05, 4.69) is 4.72 Å². The number of halogens is 1. The number of nitrogens with one attached hydrogen (secondary N) is 1. The molecule has 4 rings (SSSR count). The van der Waals surface area contributed by atoms with E-state index in [1.807, 2.05) is 4.90 Å². The van der Waals surface area contributed by atoms with Gasteiger partial charge < -0.3 is 14.7 Å². The van der Waals surface area contributed by atoms with Gasteiger partial charge in [-0.25, -0.2) is 17.5 Å². The number of carbonyl (C=O) groups is 2. The molecule has 0 bridgehead atoms. The molecule has 1 fully saturated rings. The molecular weight excluding hydrogens is 459 g/mol. The number of fused-ring (bicyclic) bond motifs is 1. The molecule has 2 aliphatic heterocycles. The molecule has 2 aliphatic rings. The summed E-state index contributed by atoms with van der Waals surface area (Å²) in [5.74, 6) is -0.410. The topological polar surface area (TPSA) is 90.0 Å². The summed E-state index contributed by atoms with van der Waals surface area (Å²) < 4.78 is 42.0. The summed E-state index contributed by atoms with van der Waals surface area (Å²) in [6.07, 6.45) is 1.05. The average Bonchev–Trinajstić information content (AvgIpc) is 3.27. The van der Waals surface area contributed by atoms with Crippen LogP contribution in [0.15, 0.2) is 47.4 Å². The zero-order valence-corrected chi connectivity index (χ0v) is 20.0. The molecule has 0 saturated carbocycles. The molecule has 0 unspecified atom stereocenters. The maximum absolute atomic E-state index is 14.0. The molecule has 0 atom stereocenters. The van der Waals surface area contributed by atoms with Gasteiger partial charge in [0.1, 0.15) is 5.82 Å². The van der Waals surface area contributed by atoms with Gasteiger partial charge >= 0.3 is 0 Å². The van der Waals surface area contributed by atoms with Crippen LogP contribution in [0.25, 0.3) is 0 Å². The number of carbonyl (C=O) groups excluding carboxylic acids is 2. The fraction of sp³-hybridized carbons (Fsp3) is 0.417. The zero-order chi connectivity index (χ0) is 24.3. The Morgan fingerprint density at radius 2 is 1.71 bits per heavy atom. The van der Waals surface area contributed by atoms with Crippen LogP contribution in [0.3, 0.4) is 0 Å². The molecule has 2 heterocycles. The lowest BCUT2D eigenvalue weighted by molar-refractivity contribution is -0.131. The van der Waals surface area contributed by atoms with Gasteiger partial charge in [0.2, 0.25) is 21.8 Å². The quantitative estimate of drug-likeness (QED) is 0.645. The van der Waals surface area contributed by atoms with Gasteiger partial charge in [-0.1, -0.05) is 19.1 Å². The van der Waals surface area contributed by atoms with Gasteiger partial charge in [-0.3, -0.25) is 9.59 Å². The fourth-order valence-corrected chi connectivity index (χ4v) is 5.52.